The van der Waals surface area contributed by atoms with E-state index in [1.54, 1.807) is 6.08 Å². The van der Waals surface area contributed by atoms with Crippen LogP contribution in [0.1, 0.15) is 22.3 Å². The van der Waals surface area contributed by atoms with Crippen LogP contribution >= 0.6 is 0 Å². The largest absolute Gasteiger partial charge is 0.343 e. The molecule has 0 aliphatic heterocycles. The van der Waals surface area contributed by atoms with Gasteiger partial charge in [-0.25, -0.2) is 0 Å². The van der Waals surface area contributed by atoms with Crippen LogP contribution in [0.25, 0.3) is 6.08 Å². The predicted molar refractivity (Wildman–Crippen MR) is 97.8 cm³/mol. The van der Waals surface area contributed by atoms with Crippen LogP contribution in [0.15, 0.2) is 48.5 Å². The van der Waals surface area contributed by atoms with Crippen LogP contribution in [0.3, 0.4) is 0 Å². The Morgan fingerprint density at radius 3 is 2.25 bits per heavy atom. The number of amides is 2. The van der Waals surface area contributed by atoms with Crippen molar-refractivity contribution in [2.24, 2.45) is 0 Å². The molecule has 0 saturated heterocycles. The molecule has 0 heterocycles. The molecule has 0 aromatic heterocycles. The zero-order valence-electron chi connectivity index (χ0n) is 14.2. The van der Waals surface area contributed by atoms with Crippen LogP contribution in [0, 0.1) is 20.8 Å². The van der Waals surface area contributed by atoms with Crippen LogP contribution in [-0.4, -0.2) is 18.4 Å². The third-order valence-electron chi connectivity index (χ3n) is 3.59. The number of nitrogens with one attached hydrogen (secondary N) is 2. The van der Waals surface area contributed by atoms with Crippen molar-refractivity contribution in [1.82, 2.24) is 5.32 Å². The number of hydrogen-bond acceptors (Lipinski definition) is 2. The van der Waals surface area contributed by atoms with Gasteiger partial charge >= 0.3 is 0 Å². The topological polar surface area (TPSA) is 58.2 Å². The smallest absolute Gasteiger partial charge is 0.244 e. The Labute approximate surface area is 142 Å². The summed E-state index contributed by atoms with van der Waals surface area (Å²) in [6, 6.07) is 13.6. The molecule has 2 N–H and O–H groups in total. The SMILES string of the molecule is Cc1cc(C)c(NC(=O)CNC(=O)/C=C/c2ccccc2)c(C)c1. The van der Waals surface area contributed by atoms with Crippen molar-refractivity contribution < 1.29 is 9.59 Å². The lowest BCUT2D eigenvalue weighted by Gasteiger charge is -2.13. The first kappa shape index (κ1) is 17.5. The summed E-state index contributed by atoms with van der Waals surface area (Å²) in [4.78, 5) is 23.8. The molecule has 0 radical (unpaired) electrons. The maximum absolute atomic E-state index is 12.0. The number of rotatable bonds is 5. The Bertz CT molecular complexity index is 741. The molecule has 0 fully saturated rings. The first-order chi connectivity index (χ1) is 11.5. The quantitative estimate of drug-likeness (QED) is 0.829. The molecule has 2 aromatic carbocycles. The Hall–Kier alpha value is -2.88. The van der Waals surface area contributed by atoms with Crippen molar-refractivity contribution in [3.8, 4) is 0 Å². The highest BCUT2D eigenvalue weighted by Gasteiger charge is 2.08. The van der Waals surface area contributed by atoms with Gasteiger partial charge in [-0.05, 0) is 43.5 Å². The maximum Gasteiger partial charge on any atom is 0.244 e. The van der Waals surface area contributed by atoms with Gasteiger partial charge in [0.15, 0.2) is 0 Å². The third-order valence-corrected chi connectivity index (χ3v) is 3.59. The van der Waals surface area contributed by atoms with Crippen molar-refractivity contribution in [2.75, 3.05) is 11.9 Å². The highest BCUT2D eigenvalue weighted by Crippen LogP contribution is 2.21. The number of aryl methyl sites for hydroxylation is 3. The number of benzene rings is 2. The Morgan fingerprint density at radius 2 is 1.62 bits per heavy atom. The molecule has 2 amide bonds. The van der Waals surface area contributed by atoms with E-state index in [0.29, 0.717) is 0 Å². The van der Waals surface area contributed by atoms with Gasteiger partial charge < -0.3 is 10.6 Å². The molecule has 0 aliphatic carbocycles. The predicted octanol–water partition coefficient (Wildman–Crippen LogP) is 3.38. The third kappa shape index (κ3) is 5.09. The summed E-state index contributed by atoms with van der Waals surface area (Å²) in [5.41, 5.74) is 4.91. The molecule has 0 atom stereocenters. The van der Waals surface area contributed by atoms with E-state index in [-0.39, 0.29) is 18.4 Å². The van der Waals surface area contributed by atoms with Crippen molar-refractivity contribution in [1.29, 1.82) is 0 Å². The van der Waals surface area contributed by atoms with Crippen molar-refractivity contribution >= 4 is 23.6 Å². The minimum absolute atomic E-state index is 0.0648. The molecule has 24 heavy (non-hydrogen) atoms. The zero-order chi connectivity index (χ0) is 17.5. The summed E-state index contributed by atoms with van der Waals surface area (Å²) in [7, 11) is 0. The fraction of sp³-hybridized carbons (Fsp3) is 0.200. The molecule has 0 bridgehead atoms. The maximum atomic E-state index is 12.0. The number of anilines is 1. The lowest BCUT2D eigenvalue weighted by Crippen LogP contribution is -2.32. The second-order valence-electron chi connectivity index (χ2n) is 5.78. The Morgan fingerprint density at radius 1 is 1.00 bits per heavy atom. The molecular weight excluding hydrogens is 300 g/mol. The lowest BCUT2D eigenvalue weighted by molar-refractivity contribution is -0.121. The second kappa shape index (κ2) is 8.11. The van der Waals surface area contributed by atoms with E-state index < -0.39 is 0 Å². The molecule has 0 spiro atoms. The molecule has 124 valence electrons. The van der Waals surface area contributed by atoms with E-state index in [9.17, 15) is 9.59 Å². The highest BCUT2D eigenvalue weighted by molar-refractivity contribution is 5.98. The lowest BCUT2D eigenvalue weighted by atomic mass is 10.1. The standard InChI is InChI=1S/C20H22N2O2/c1-14-11-15(2)20(16(3)12-14)22-19(24)13-21-18(23)10-9-17-7-5-4-6-8-17/h4-12H,13H2,1-3H3,(H,21,23)(H,22,24)/b10-9+. The first-order valence-corrected chi connectivity index (χ1v) is 7.84. The van der Waals surface area contributed by atoms with Gasteiger partial charge in [0.2, 0.25) is 11.8 Å². The molecule has 0 unspecified atom stereocenters. The summed E-state index contributed by atoms with van der Waals surface area (Å²) >= 11 is 0. The monoisotopic (exact) mass is 322 g/mol. The van der Waals surface area contributed by atoms with E-state index in [1.807, 2.05) is 63.2 Å². The van der Waals surface area contributed by atoms with E-state index in [2.05, 4.69) is 10.6 Å². The summed E-state index contributed by atoms with van der Waals surface area (Å²) in [6.45, 7) is 5.86. The van der Waals surface area contributed by atoms with E-state index in [1.165, 1.54) is 6.08 Å². The average molecular weight is 322 g/mol. The summed E-state index contributed by atoms with van der Waals surface area (Å²) in [5, 5.41) is 5.44. The highest BCUT2D eigenvalue weighted by atomic mass is 16.2. The van der Waals surface area contributed by atoms with Crippen LogP contribution < -0.4 is 10.6 Å². The van der Waals surface area contributed by atoms with Gasteiger partial charge in [0.05, 0.1) is 6.54 Å². The zero-order valence-corrected chi connectivity index (χ0v) is 14.2. The Balaban J connectivity index is 1.87. The van der Waals surface area contributed by atoms with Crippen molar-refractivity contribution in [2.45, 2.75) is 20.8 Å². The van der Waals surface area contributed by atoms with Gasteiger partial charge in [0, 0.05) is 11.8 Å². The number of carbonyl (C=O) groups excluding carboxylic acids is 2. The fourth-order valence-corrected chi connectivity index (χ4v) is 2.52. The van der Waals surface area contributed by atoms with Crippen LogP contribution in [0.2, 0.25) is 0 Å². The van der Waals surface area contributed by atoms with Gasteiger partial charge in [-0.15, -0.1) is 0 Å². The number of hydrogen-bond donors (Lipinski definition) is 2. The molecule has 4 heteroatoms. The summed E-state index contributed by atoms with van der Waals surface area (Å²) in [6.07, 6.45) is 3.13. The molecule has 0 saturated carbocycles. The van der Waals surface area contributed by atoms with Crippen LogP contribution in [0.4, 0.5) is 5.69 Å². The number of carbonyl (C=O) groups is 2. The van der Waals surface area contributed by atoms with Crippen LogP contribution in [-0.2, 0) is 9.59 Å². The van der Waals surface area contributed by atoms with E-state index >= 15 is 0 Å². The van der Waals surface area contributed by atoms with Gasteiger partial charge in [-0.1, -0.05) is 48.0 Å². The van der Waals surface area contributed by atoms with Gasteiger partial charge in [-0.3, -0.25) is 9.59 Å². The normalized spacial score (nSPS) is 10.6. The molecule has 2 rings (SSSR count). The second-order valence-corrected chi connectivity index (χ2v) is 5.78. The molecule has 4 nitrogen and oxygen atoms in total. The van der Waals surface area contributed by atoms with E-state index in [4.69, 9.17) is 0 Å². The summed E-state index contributed by atoms with van der Waals surface area (Å²) in [5.74, 6) is -0.544. The first-order valence-electron chi connectivity index (χ1n) is 7.84. The van der Waals surface area contributed by atoms with Gasteiger partial charge in [0.25, 0.3) is 0 Å². The fourth-order valence-electron chi connectivity index (χ4n) is 2.52. The van der Waals surface area contributed by atoms with Crippen molar-refractivity contribution in [3.63, 3.8) is 0 Å². The van der Waals surface area contributed by atoms with Gasteiger partial charge in [0.1, 0.15) is 0 Å². The minimum atomic E-state index is -0.300. The minimum Gasteiger partial charge on any atom is -0.343 e. The molecule has 0 aliphatic rings. The van der Waals surface area contributed by atoms with Gasteiger partial charge in [-0.2, -0.15) is 0 Å². The van der Waals surface area contributed by atoms with Crippen molar-refractivity contribution in [3.05, 3.63) is 70.8 Å². The molecule has 2 aromatic rings. The summed E-state index contributed by atoms with van der Waals surface area (Å²) < 4.78 is 0. The Kier molecular flexibility index (Phi) is 5.90. The van der Waals surface area contributed by atoms with Crippen LogP contribution in [0.5, 0.6) is 0 Å². The average Bonchev–Trinajstić information content (AvgIpc) is 2.55. The van der Waals surface area contributed by atoms with E-state index in [0.717, 1.165) is 27.9 Å². The molecular formula is C20H22N2O2.